The van der Waals surface area contributed by atoms with Crippen molar-refractivity contribution in [3.05, 3.63) is 75.7 Å². The molecule has 0 bridgehead atoms. The van der Waals surface area contributed by atoms with Crippen LogP contribution in [0, 0.1) is 5.41 Å². The third-order valence-corrected chi connectivity index (χ3v) is 9.37. The van der Waals surface area contributed by atoms with E-state index in [4.69, 9.17) is 4.74 Å². The predicted molar refractivity (Wildman–Crippen MR) is 170 cm³/mol. The zero-order chi connectivity index (χ0) is 30.9. The van der Waals surface area contributed by atoms with Gasteiger partial charge < -0.3 is 4.74 Å². The molecule has 2 aliphatic rings. The molecule has 1 aliphatic heterocycles. The number of ether oxygens (including phenoxy) is 1. The molecule has 0 spiro atoms. The first-order valence-corrected chi connectivity index (χ1v) is 16.2. The Balaban J connectivity index is 1.36. The van der Waals surface area contributed by atoms with Crippen molar-refractivity contribution in [3.63, 3.8) is 0 Å². The van der Waals surface area contributed by atoms with E-state index in [1.807, 2.05) is 43.7 Å². The number of nitrogens with one attached hydrogen (secondary N) is 1. The molecule has 0 amide bonds. The molecular formula is C35H44N6O3. The summed E-state index contributed by atoms with van der Waals surface area (Å²) in [7, 11) is 0. The van der Waals surface area contributed by atoms with Gasteiger partial charge in [0.05, 0.1) is 11.5 Å². The quantitative estimate of drug-likeness (QED) is 0.228. The number of hydrogen-bond acceptors (Lipinski definition) is 6. The second kappa shape index (κ2) is 12.2. The van der Waals surface area contributed by atoms with Gasteiger partial charge in [-0.15, -0.1) is 5.10 Å². The fourth-order valence-electron chi connectivity index (χ4n) is 7.43. The van der Waals surface area contributed by atoms with Crippen molar-refractivity contribution in [3.8, 4) is 22.5 Å². The van der Waals surface area contributed by atoms with Crippen molar-refractivity contribution in [2.24, 2.45) is 5.41 Å². The third kappa shape index (κ3) is 5.64. The molecule has 3 heterocycles. The molecule has 6 rings (SSSR count). The molecule has 1 saturated carbocycles. The maximum atomic E-state index is 14.1. The Hall–Kier alpha value is -4.01. The molecule has 2 aromatic heterocycles. The van der Waals surface area contributed by atoms with Crippen LogP contribution in [0.3, 0.4) is 0 Å². The number of aromatic amines is 1. The van der Waals surface area contributed by atoms with Crippen LogP contribution in [0.15, 0.2) is 53.3 Å². The van der Waals surface area contributed by atoms with E-state index < -0.39 is 11.0 Å². The minimum absolute atomic E-state index is 0.0705. The lowest BCUT2D eigenvalue weighted by atomic mass is 9.67. The van der Waals surface area contributed by atoms with Gasteiger partial charge in [-0.05, 0) is 80.0 Å². The van der Waals surface area contributed by atoms with E-state index in [1.54, 1.807) is 0 Å². The second-order valence-electron chi connectivity index (χ2n) is 13.5. The molecule has 1 unspecified atom stereocenters. The van der Waals surface area contributed by atoms with Crippen molar-refractivity contribution in [2.75, 3.05) is 0 Å². The highest BCUT2D eigenvalue weighted by Gasteiger charge is 2.51. The summed E-state index contributed by atoms with van der Waals surface area (Å²) < 4.78 is 10.3. The Bertz CT molecular complexity index is 1650. The Morgan fingerprint density at radius 1 is 1.02 bits per heavy atom. The molecule has 0 radical (unpaired) electrons. The first-order valence-electron chi connectivity index (χ1n) is 16.2. The molecule has 1 N–H and O–H groups in total. The standard InChI is InChI=1S/C35H44N6O3/c1-5-12-29-28(23-24-16-18-25(19-17-24)26-13-7-8-14-27(26)31-36-38-39-37-31)32(42)40-22-11-15-30(41(29)40)35(20-9-6-10-21-35)33(43)44-34(2,3)4/h7-8,13-14,16-19,30H,5-6,9-12,15,20-23H2,1-4H3,(H,36,37,38,39). The fraction of sp³-hybridized carbons (Fsp3) is 0.514. The Kier molecular flexibility index (Phi) is 8.31. The zero-order valence-corrected chi connectivity index (χ0v) is 26.4. The van der Waals surface area contributed by atoms with Crippen molar-refractivity contribution in [1.29, 1.82) is 0 Å². The maximum absolute atomic E-state index is 14.1. The summed E-state index contributed by atoms with van der Waals surface area (Å²) in [5.74, 6) is 0.531. The van der Waals surface area contributed by atoms with Crippen LogP contribution in [-0.2, 0) is 28.9 Å². The summed E-state index contributed by atoms with van der Waals surface area (Å²) >= 11 is 0. The number of fused-ring (bicyclic) bond motifs is 1. The number of tetrazole rings is 1. The Morgan fingerprint density at radius 3 is 2.41 bits per heavy atom. The van der Waals surface area contributed by atoms with E-state index in [2.05, 4.69) is 62.6 Å². The molecular weight excluding hydrogens is 552 g/mol. The van der Waals surface area contributed by atoms with Gasteiger partial charge >= 0.3 is 5.97 Å². The molecule has 9 nitrogen and oxygen atoms in total. The lowest BCUT2D eigenvalue weighted by molar-refractivity contribution is -0.175. The molecule has 1 aliphatic carbocycles. The van der Waals surface area contributed by atoms with Gasteiger partial charge in [0.1, 0.15) is 5.60 Å². The smallest absolute Gasteiger partial charge is 0.314 e. The molecule has 44 heavy (non-hydrogen) atoms. The summed E-state index contributed by atoms with van der Waals surface area (Å²) in [4.78, 5) is 28.1. The average Bonchev–Trinajstić information content (AvgIpc) is 3.65. The van der Waals surface area contributed by atoms with Crippen LogP contribution in [0.1, 0.15) is 102 Å². The van der Waals surface area contributed by atoms with Crippen molar-refractivity contribution < 1.29 is 9.53 Å². The lowest BCUT2D eigenvalue weighted by Crippen LogP contribution is -2.48. The van der Waals surface area contributed by atoms with Crippen LogP contribution >= 0.6 is 0 Å². The topological polar surface area (TPSA) is 108 Å². The highest BCUT2D eigenvalue weighted by atomic mass is 16.6. The highest BCUT2D eigenvalue weighted by Crippen LogP contribution is 2.50. The SMILES string of the molecule is CCCc1c(Cc2ccc(-c3ccccc3-c3nnn[nH]3)cc2)c(=O)n2n1C(C1(C(=O)OC(C)(C)C)CCCCC1)CCC2. The van der Waals surface area contributed by atoms with Gasteiger partial charge in [-0.2, -0.15) is 0 Å². The number of carbonyl (C=O) groups is 1. The monoisotopic (exact) mass is 596 g/mol. The summed E-state index contributed by atoms with van der Waals surface area (Å²) in [6.07, 6.45) is 8.85. The molecule has 232 valence electrons. The molecule has 9 heteroatoms. The number of aromatic nitrogens is 6. The van der Waals surface area contributed by atoms with Gasteiger partial charge in [0.25, 0.3) is 5.56 Å². The number of H-pyrrole nitrogens is 1. The summed E-state index contributed by atoms with van der Waals surface area (Å²) in [6.45, 7) is 8.69. The summed E-state index contributed by atoms with van der Waals surface area (Å²) in [6, 6.07) is 16.4. The van der Waals surface area contributed by atoms with E-state index in [-0.39, 0.29) is 17.6 Å². The number of benzene rings is 2. The van der Waals surface area contributed by atoms with Crippen LogP contribution in [0.4, 0.5) is 0 Å². The van der Waals surface area contributed by atoms with Gasteiger partial charge in [-0.3, -0.25) is 14.3 Å². The lowest BCUT2D eigenvalue weighted by Gasteiger charge is -2.45. The van der Waals surface area contributed by atoms with E-state index in [9.17, 15) is 9.59 Å². The molecule has 0 saturated heterocycles. The Morgan fingerprint density at radius 2 is 1.75 bits per heavy atom. The summed E-state index contributed by atoms with van der Waals surface area (Å²) in [5.41, 5.74) is 4.97. The van der Waals surface area contributed by atoms with Crippen LogP contribution < -0.4 is 5.56 Å². The van der Waals surface area contributed by atoms with E-state index in [0.29, 0.717) is 18.8 Å². The second-order valence-corrected chi connectivity index (χ2v) is 13.5. The highest BCUT2D eigenvalue weighted by molar-refractivity contribution is 5.80. The van der Waals surface area contributed by atoms with E-state index in [0.717, 1.165) is 91.3 Å². The summed E-state index contributed by atoms with van der Waals surface area (Å²) in [5, 5.41) is 14.4. The van der Waals surface area contributed by atoms with Crippen LogP contribution in [0.2, 0.25) is 0 Å². The van der Waals surface area contributed by atoms with Gasteiger partial charge in [0.2, 0.25) is 0 Å². The van der Waals surface area contributed by atoms with Gasteiger partial charge in [0, 0.05) is 29.8 Å². The van der Waals surface area contributed by atoms with Crippen LogP contribution in [0.25, 0.3) is 22.5 Å². The van der Waals surface area contributed by atoms with E-state index in [1.165, 1.54) is 0 Å². The maximum Gasteiger partial charge on any atom is 0.314 e. The fourth-order valence-corrected chi connectivity index (χ4v) is 7.43. The van der Waals surface area contributed by atoms with Crippen molar-refractivity contribution >= 4 is 5.97 Å². The first-order chi connectivity index (χ1) is 21.2. The molecule has 1 atom stereocenters. The van der Waals surface area contributed by atoms with E-state index >= 15 is 0 Å². The number of nitrogens with zero attached hydrogens (tertiary/aromatic N) is 5. The van der Waals surface area contributed by atoms with Crippen LogP contribution in [0.5, 0.6) is 0 Å². The average molecular weight is 597 g/mol. The normalized spacial score (nSPS) is 18.1. The number of esters is 1. The van der Waals surface area contributed by atoms with Crippen molar-refractivity contribution in [1.82, 2.24) is 30.0 Å². The minimum atomic E-state index is -0.604. The van der Waals surface area contributed by atoms with Gasteiger partial charge in [-0.1, -0.05) is 81.1 Å². The number of carbonyl (C=O) groups excluding carboxylic acids is 1. The zero-order valence-electron chi connectivity index (χ0n) is 26.4. The molecule has 4 aromatic rings. The number of rotatable bonds is 8. The third-order valence-electron chi connectivity index (χ3n) is 9.37. The van der Waals surface area contributed by atoms with Crippen LogP contribution in [-0.4, -0.2) is 41.6 Å². The number of hydrogen-bond donors (Lipinski definition) is 1. The first kappa shape index (κ1) is 30.0. The van der Waals surface area contributed by atoms with Crippen molar-refractivity contribution in [2.45, 2.75) is 110 Å². The largest absolute Gasteiger partial charge is 0.459 e. The van der Waals surface area contributed by atoms with Gasteiger partial charge in [0.15, 0.2) is 5.82 Å². The predicted octanol–water partition coefficient (Wildman–Crippen LogP) is 6.67. The Labute approximate surface area is 259 Å². The molecule has 2 aromatic carbocycles. The molecule has 1 fully saturated rings. The minimum Gasteiger partial charge on any atom is -0.459 e. The van der Waals surface area contributed by atoms with Gasteiger partial charge in [-0.25, -0.2) is 9.78 Å².